The molecule has 1 fully saturated rings. The van der Waals surface area contributed by atoms with Crippen molar-refractivity contribution in [2.24, 2.45) is 5.92 Å². The Labute approximate surface area is 85.4 Å². The van der Waals surface area contributed by atoms with Crippen LogP contribution < -0.4 is 4.72 Å². The van der Waals surface area contributed by atoms with Gasteiger partial charge in [-0.25, -0.2) is 8.42 Å². The quantitative estimate of drug-likeness (QED) is 0.720. The van der Waals surface area contributed by atoms with Crippen LogP contribution in [0, 0.1) is 17.2 Å². The van der Waals surface area contributed by atoms with Gasteiger partial charge in [0.2, 0.25) is 10.0 Å². The third-order valence-corrected chi connectivity index (χ3v) is 3.76. The molecule has 0 heterocycles. The van der Waals surface area contributed by atoms with Crippen LogP contribution in [0.3, 0.4) is 0 Å². The zero-order chi connectivity index (χ0) is 10.6. The molecule has 1 saturated carbocycles. The highest BCUT2D eigenvalue weighted by Crippen LogP contribution is 2.30. The average Bonchev–Trinajstić information content (AvgIpc) is 2.86. The Hall–Kier alpha value is -0.600. The van der Waals surface area contributed by atoms with Crippen molar-refractivity contribution in [1.82, 2.24) is 4.72 Å². The van der Waals surface area contributed by atoms with Crippen LogP contribution in [0.15, 0.2) is 0 Å². The van der Waals surface area contributed by atoms with Gasteiger partial charge >= 0.3 is 0 Å². The third-order valence-electron chi connectivity index (χ3n) is 2.21. The molecule has 0 radical (unpaired) electrons. The van der Waals surface area contributed by atoms with Crippen LogP contribution in [0.1, 0.15) is 32.6 Å². The maximum absolute atomic E-state index is 11.5. The van der Waals surface area contributed by atoms with E-state index in [2.05, 4.69) is 4.72 Å². The second-order valence-electron chi connectivity index (χ2n) is 3.81. The summed E-state index contributed by atoms with van der Waals surface area (Å²) in [7, 11) is -3.22. The monoisotopic (exact) mass is 216 g/mol. The van der Waals surface area contributed by atoms with Gasteiger partial charge < -0.3 is 0 Å². The van der Waals surface area contributed by atoms with Gasteiger partial charge in [-0.2, -0.15) is 9.98 Å². The van der Waals surface area contributed by atoms with Crippen molar-refractivity contribution in [3.8, 4) is 6.07 Å². The molecule has 4 nitrogen and oxygen atoms in total. The lowest BCUT2D eigenvalue weighted by atomic mass is 10.2. The maximum atomic E-state index is 11.5. The Balaban J connectivity index is 2.43. The molecule has 80 valence electrons. The predicted molar refractivity (Wildman–Crippen MR) is 54.0 cm³/mol. The fraction of sp³-hybridized carbons (Fsp3) is 0.889. The van der Waals surface area contributed by atoms with E-state index in [0.29, 0.717) is 12.3 Å². The summed E-state index contributed by atoms with van der Waals surface area (Å²) in [5.74, 6) is 0.517. The first-order valence-electron chi connectivity index (χ1n) is 4.97. The number of hydrogen-bond donors (Lipinski definition) is 1. The molecule has 1 rings (SSSR count). The van der Waals surface area contributed by atoms with Gasteiger partial charge in [-0.15, -0.1) is 0 Å². The standard InChI is InChI=1S/C9H16N2O2S/c1-2-3-9(6-10)11-14(12,13)7-8-4-5-8/h8-9,11H,2-5,7H2,1H3. The zero-order valence-corrected chi connectivity index (χ0v) is 9.18. The van der Waals surface area contributed by atoms with E-state index < -0.39 is 16.1 Å². The number of nitrogens with zero attached hydrogens (tertiary/aromatic N) is 1. The van der Waals surface area contributed by atoms with E-state index in [1.807, 2.05) is 13.0 Å². The summed E-state index contributed by atoms with van der Waals surface area (Å²) < 4.78 is 25.4. The minimum absolute atomic E-state index is 0.189. The summed E-state index contributed by atoms with van der Waals surface area (Å²) in [5.41, 5.74) is 0. The van der Waals surface area contributed by atoms with Gasteiger partial charge in [0.1, 0.15) is 6.04 Å². The van der Waals surface area contributed by atoms with Crippen molar-refractivity contribution in [3.63, 3.8) is 0 Å². The zero-order valence-electron chi connectivity index (χ0n) is 8.36. The highest BCUT2D eigenvalue weighted by molar-refractivity contribution is 7.89. The molecule has 1 atom stereocenters. The van der Waals surface area contributed by atoms with Crippen molar-refractivity contribution < 1.29 is 8.42 Å². The molecule has 0 bridgehead atoms. The van der Waals surface area contributed by atoms with Crippen LogP contribution in [-0.4, -0.2) is 20.2 Å². The number of nitriles is 1. The van der Waals surface area contributed by atoms with E-state index in [-0.39, 0.29) is 5.75 Å². The van der Waals surface area contributed by atoms with Crippen LogP contribution >= 0.6 is 0 Å². The van der Waals surface area contributed by atoms with Gasteiger partial charge in [-0.3, -0.25) is 0 Å². The van der Waals surface area contributed by atoms with Crippen molar-refractivity contribution >= 4 is 10.0 Å². The van der Waals surface area contributed by atoms with E-state index in [0.717, 1.165) is 19.3 Å². The molecule has 1 aliphatic rings. The van der Waals surface area contributed by atoms with Gasteiger partial charge in [0.25, 0.3) is 0 Å². The van der Waals surface area contributed by atoms with Gasteiger partial charge in [0, 0.05) is 0 Å². The highest BCUT2D eigenvalue weighted by Gasteiger charge is 2.29. The van der Waals surface area contributed by atoms with Gasteiger partial charge in [-0.05, 0) is 25.2 Å². The van der Waals surface area contributed by atoms with E-state index in [4.69, 9.17) is 5.26 Å². The molecule has 0 spiro atoms. The summed E-state index contributed by atoms with van der Waals surface area (Å²) in [5, 5.41) is 8.69. The number of rotatable bonds is 6. The molecule has 0 aliphatic heterocycles. The Morgan fingerprint density at radius 1 is 1.57 bits per heavy atom. The third kappa shape index (κ3) is 4.07. The van der Waals surface area contributed by atoms with Crippen molar-refractivity contribution in [2.45, 2.75) is 38.6 Å². The number of nitrogens with one attached hydrogen (secondary N) is 1. The van der Waals surface area contributed by atoms with Crippen LogP contribution in [0.25, 0.3) is 0 Å². The lowest BCUT2D eigenvalue weighted by Gasteiger charge is -2.10. The van der Waals surface area contributed by atoms with Crippen LogP contribution in [0.5, 0.6) is 0 Å². The molecule has 0 saturated heterocycles. The molecule has 0 aromatic carbocycles. The molecular weight excluding hydrogens is 200 g/mol. The molecule has 0 amide bonds. The Morgan fingerprint density at radius 3 is 2.64 bits per heavy atom. The fourth-order valence-electron chi connectivity index (χ4n) is 1.30. The molecule has 5 heteroatoms. The van der Waals surface area contributed by atoms with Crippen molar-refractivity contribution in [3.05, 3.63) is 0 Å². The first-order chi connectivity index (χ1) is 6.57. The molecule has 0 aromatic rings. The smallest absolute Gasteiger partial charge is 0.212 e. The Bertz CT molecular complexity index is 314. The van der Waals surface area contributed by atoms with E-state index >= 15 is 0 Å². The van der Waals surface area contributed by atoms with Gasteiger partial charge in [0.05, 0.1) is 11.8 Å². The summed E-state index contributed by atoms with van der Waals surface area (Å²) >= 11 is 0. The summed E-state index contributed by atoms with van der Waals surface area (Å²) in [6.45, 7) is 1.93. The molecule has 14 heavy (non-hydrogen) atoms. The normalized spacial score (nSPS) is 18.9. The predicted octanol–water partition coefficient (Wildman–Crippen LogP) is 1.01. The molecular formula is C9H16N2O2S. The fourth-order valence-corrected chi connectivity index (χ4v) is 2.95. The van der Waals surface area contributed by atoms with Gasteiger partial charge in [-0.1, -0.05) is 13.3 Å². The summed E-state index contributed by atoms with van der Waals surface area (Å²) in [6, 6.07) is 1.41. The second-order valence-corrected chi connectivity index (χ2v) is 5.61. The van der Waals surface area contributed by atoms with Crippen molar-refractivity contribution in [2.75, 3.05) is 5.75 Å². The average molecular weight is 216 g/mol. The van der Waals surface area contributed by atoms with Gasteiger partial charge in [0.15, 0.2) is 0 Å². The topological polar surface area (TPSA) is 70.0 Å². The summed E-state index contributed by atoms with van der Waals surface area (Å²) in [4.78, 5) is 0. The molecule has 1 aliphatic carbocycles. The van der Waals surface area contributed by atoms with E-state index in [1.54, 1.807) is 0 Å². The first kappa shape index (κ1) is 11.5. The lowest BCUT2D eigenvalue weighted by molar-refractivity contribution is 0.559. The van der Waals surface area contributed by atoms with Crippen molar-refractivity contribution in [1.29, 1.82) is 5.26 Å². The number of sulfonamides is 1. The minimum Gasteiger partial charge on any atom is -0.212 e. The van der Waals surface area contributed by atoms with E-state index in [1.165, 1.54) is 0 Å². The minimum atomic E-state index is -3.22. The summed E-state index contributed by atoms with van der Waals surface area (Å²) in [6.07, 6.45) is 3.41. The maximum Gasteiger partial charge on any atom is 0.213 e. The van der Waals surface area contributed by atoms with Crippen LogP contribution in [0.2, 0.25) is 0 Å². The largest absolute Gasteiger partial charge is 0.213 e. The molecule has 1 N–H and O–H groups in total. The van der Waals surface area contributed by atoms with Crippen LogP contribution in [0.4, 0.5) is 0 Å². The first-order valence-corrected chi connectivity index (χ1v) is 6.62. The second kappa shape index (κ2) is 4.76. The SMILES string of the molecule is CCCC(C#N)NS(=O)(=O)CC1CC1. The molecule has 0 aromatic heterocycles. The van der Waals surface area contributed by atoms with Crippen LogP contribution in [-0.2, 0) is 10.0 Å². The molecule has 1 unspecified atom stereocenters. The highest BCUT2D eigenvalue weighted by atomic mass is 32.2. The number of hydrogen-bond acceptors (Lipinski definition) is 3. The Morgan fingerprint density at radius 2 is 2.21 bits per heavy atom. The lowest BCUT2D eigenvalue weighted by Crippen LogP contribution is -2.35. The Kier molecular flexibility index (Phi) is 3.90. The van der Waals surface area contributed by atoms with E-state index in [9.17, 15) is 8.42 Å².